The first-order valence-corrected chi connectivity index (χ1v) is 32.7. The molecule has 0 aliphatic carbocycles. The molecule has 0 spiro atoms. The fourth-order valence-corrected chi connectivity index (χ4v) is 8.94. The van der Waals surface area contributed by atoms with E-state index in [0.717, 1.165) is 96.3 Å². The lowest BCUT2D eigenvalue weighted by atomic mass is 10.0. The highest BCUT2D eigenvalue weighted by Crippen LogP contribution is 2.38. The Balaban J connectivity index is 4.26. The minimum atomic E-state index is -4.66. The predicted molar refractivity (Wildman–Crippen MR) is 332 cm³/mol. The number of unbranched alkanes of at least 4 members (excludes halogenated alkanes) is 22. The van der Waals surface area contributed by atoms with Crippen LogP contribution in [-0.4, -0.2) is 70.0 Å². The van der Waals surface area contributed by atoms with Crippen molar-refractivity contribution in [2.75, 3.05) is 47.5 Å². The molecule has 0 aromatic carbocycles. The summed E-state index contributed by atoms with van der Waals surface area (Å²) in [5, 5.41) is 0. The summed E-state index contributed by atoms with van der Waals surface area (Å²) in [4.78, 5) is 37.9. The number of carbonyl (C=O) groups is 2. The molecule has 0 aromatic heterocycles. The number of hydrogen-bond donors (Lipinski definition) is 0. The van der Waals surface area contributed by atoms with Crippen LogP contribution >= 0.6 is 7.82 Å². The highest BCUT2D eigenvalue weighted by Gasteiger charge is 2.21. The molecule has 0 aliphatic rings. The molecular weight excluding hydrogens is 990 g/mol. The van der Waals surface area contributed by atoms with Crippen molar-refractivity contribution in [3.8, 4) is 0 Å². The number of quaternary nitrogens is 1. The van der Waals surface area contributed by atoms with Gasteiger partial charge in [-0.25, -0.2) is 0 Å². The Morgan fingerprint density at radius 3 is 1.09 bits per heavy atom. The zero-order chi connectivity index (χ0) is 57.0. The maximum atomic E-state index is 12.8. The Morgan fingerprint density at radius 2 is 0.731 bits per heavy atom. The molecule has 0 N–H and O–H groups in total. The number of esters is 2. The topological polar surface area (TPSA) is 111 Å². The molecule has 0 heterocycles. The average Bonchev–Trinajstić information content (AvgIpc) is 3.41. The predicted octanol–water partition coefficient (Wildman–Crippen LogP) is 19.3. The minimum absolute atomic E-state index is 0.0446. The molecule has 0 fully saturated rings. The van der Waals surface area contributed by atoms with Crippen LogP contribution in [0.3, 0.4) is 0 Å². The fraction of sp³-hybridized carbons (Fsp3) is 0.676. The number of likely N-dealkylation sites (N-methyl/N-ethyl adjacent to an activating group) is 1. The number of rotatable bonds is 56. The first-order chi connectivity index (χ1) is 38.0. The first kappa shape index (κ1) is 74.4. The summed E-state index contributed by atoms with van der Waals surface area (Å²) in [5.74, 6) is -0.885. The van der Waals surface area contributed by atoms with Gasteiger partial charge in [0.25, 0.3) is 7.82 Å². The van der Waals surface area contributed by atoms with Crippen LogP contribution in [0.4, 0.5) is 0 Å². The highest BCUT2D eigenvalue weighted by molar-refractivity contribution is 7.45. The molecule has 2 unspecified atom stereocenters. The van der Waals surface area contributed by atoms with Gasteiger partial charge in [0.15, 0.2) is 6.10 Å². The summed E-state index contributed by atoms with van der Waals surface area (Å²) in [5.41, 5.74) is 0. The smallest absolute Gasteiger partial charge is 0.306 e. The van der Waals surface area contributed by atoms with Crippen LogP contribution in [0.15, 0.2) is 122 Å². The van der Waals surface area contributed by atoms with Crippen LogP contribution in [0.5, 0.6) is 0 Å². The molecule has 0 amide bonds. The summed E-state index contributed by atoms with van der Waals surface area (Å²) in [7, 11) is 1.13. The number of allylic oxidation sites excluding steroid dienone is 20. The van der Waals surface area contributed by atoms with Gasteiger partial charge in [0.1, 0.15) is 19.8 Å². The third kappa shape index (κ3) is 61.6. The van der Waals surface area contributed by atoms with Gasteiger partial charge in [-0.15, -0.1) is 0 Å². The summed E-state index contributed by atoms with van der Waals surface area (Å²) in [6, 6.07) is 0. The Bertz CT molecular complexity index is 1730. The lowest BCUT2D eigenvalue weighted by Crippen LogP contribution is -2.37. The number of hydrogen-bond acceptors (Lipinski definition) is 8. The molecule has 0 aromatic rings. The quantitative estimate of drug-likeness (QED) is 0.0195. The molecule has 0 radical (unpaired) electrons. The second-order valence-corrected chi connectivity index (χ2v) is 23.1. The third-order valence-electron chi connectivity index (χ3n) is 13.0. The maximum Gasteiger partial charge on any atom is 0.306 e. The highest BCUT2D eigenvalue weighted by atomic mass is 31.2. The van der Waals surface area contributed by atoms with Crippen molar-refractivity contribution in [2.24, 2.45) is 0 Å². The summed E-state index contributed by atoms with van der Waals surface area (Å²) < 4.78 is 34.1. The summed E-state index contributed by atoms with van der Waals surface area (Å²) >= 11 is 0. The van der Waals surface area contributed by atoms with Crippen molar-refractivity contribution in [3.63, 3.8) is 0 Å². The largest absolute Gasteiger partial charge is 0.756 e. The van der Waals surface area contributed by atoms with E-state index >= 15 is 0 Å². The maximum absolute atomic E-state index is 12.8. The van der Waals surface area contributed by atoms with Gasteiger partial charge in [-0.05, 0) is 89.9 Å². The van der Waals surface area contributed by atoms with E-state index in [1.165, 1.54) is 116 Å². The van der Waals surface area contributed by atoms with E-state index in [2.05, 4.69) is 135 Å². The van der Waals surface area contributed by atoms with E-state index in [4.69, 9.17) is 18.5 Å². The van der Waals surface area contributed by atoms with Crippen LogP contribution in [0.2, 0.25) is 0 Å². The number of carbonyl (C=O) groups excluding carboxylic acids is 2. The fourth-order valence-electron chi connectivity index (χ4n) is 8.21. The average molecular weight is 1110 g/mol. The molecule has 0 aliphatic heterocycles. The van der Waals surface area contributed by atoms with E-state index in [1.807, 2.05) is 21.1 Å². The Labute approximate surface area is 479 Å². The molecular formula is C68H116NO8P. The van der Waals surface area contributed by atoms with Crippen molar-refractivity contribution in [1.29, 1.82) is 0 Å². The van der Waals surface area contributed by atoms with Crippen LogP contribution in [-0.2, 0) is 32.7 Å². The molecule has 78 heavy (non-hydrogen) atoms. The van der Waals surface area contributed by atoms with Crippen LogP contribution < -0.4 is 4.89 Å². The Kier molecular flexibility index (Phi) is 55.4. The summed E-state index contributed by atoms with van der Waals surface area (Å²) in [6.07, 6.45) is 82.6. The molecule has 0 saturated heterocycles. The normalized spacial score (nSPS) is 14.1. The van der Waals surface area contributed by atoms with Crippen molar-refractivity contribution >= 4 is 19.8 Å². The van der Waals surface area contributed by atoms with Gasteiger partial charge in [-0.1, -0.05) is 264 Å². The van der Waals surface area contributed by atoms with Gasteiger partial charge in [0.2, 0.25) is 0 Å². The van der Waals surface area contributed by atoms with Gasteiger partial charge >= 0.3 is 11.9 Å². The van der Waals surface area contributed by atoms with Crippen molar-refractivity contribution in [3.05, 3.63) is 122 Å². The zero-order valence-corrected chi connectivity index (χ0v) is 51.5. The van der Waals surface area contributed by atoms with Crippen LogP contribution in [0, 0.1) is 0 Å². The van der Waals surface area contributed by atoms with Gasteiger partial charge < -0.3 is 27.9 Å². The van der Waals surface area contributed by atoms with Gasteiger partial charge in [0.05, 0.1) is 27.7 Å². The molecule has 446 valence electrons. The number of phosphoric ester groups is 1. The monoisotopic (exact) mass is 1110 g/mol. The SMILES string of the molecule is CC/C=C\C/C=C\C/C=C\C/C=C\C/C=C\C/C=C\C/C=C\C/C=C\C/C=C\C/C=C\CCCCC(=O)OC(COC(=O)CCCCCCCCCCCCCCCCCCCCCCC)COP(=O)([O-])OCC[N+](C)(C)C. The summed E-state index contributed by atoms with van der Waals surface area (Å²) in [6.45, 7) is 4.08. The molecule has 2 atom stereocenters. The lowest BCUT2D eigenvalue weighted by molar-refractivity contribution is -0.870. The van der Waals surface area contributed by atoms with Crippen molar-refractivity contribution in [2.45, 2.75) is 251 Å². The van der Waals surface area contributed by atoms with E-state index in [9.17, 15) is 19.0 Å². The van der Waals surface area contributed by atoms with Crippen LogP contribution in [0.25, 0.3) is 0 Å². The van der Waals surface area contributed by atoms with Gasteiger partial charge in [-0.2, -0.15) is 0 Å². The van der Waals surface area contributed by atoms with Crippen molar-refractivity contribution in [1.82, 2.24) is 0 Å². The second-order valence-electron chi connectivity index (χ2n) is 21.7. The molecule has 9 nitrogen and oxygen atoms in total. The van der Waals surface area contributed by atoms with Crippen LogP contribution in [0.1, 0.15) is 245 Å². The Hall–Kier alpha value is -3.59. The zero-order valence-electron chi connectivity index (χ0n) is 50.6. The van der Waals surface area contributed by atoms with E-state index < -0.39 is 32.5 Å². The lowest BCUT2D eigenvalue weighted by Gasteiger charge is -2.28. The number of nitrogens with zero attached hydrogens (tertiary/aromatic N) is 1. The minimum Gasteiger partial charge on any atom is -0.756 e. The van der Waals surface area contributed by atoms with E-state index in [0.29, 0.717) is 17.4 Å². The third-order valence-corrected chi connectivity index (χ3v) is 14.0. The van der Waals surface area contributed by atoms with Crippen molar-refractivity contribution < 1.29 is 42.1 Å². The Morgan fingerprint density at radius 1 is 0.410 bits per heavy atom. The van der Waals surface area contributed by atoms with Gasteiger partial charge in [-0.3, -0.25) is 14.2 Å². The number of phosphoric acid groups is 1. The molecule has 0 saturated carbocycles. The first-order valence-electron chi connectivity index (χ1n) is 31.2. The molecule has 0 bridgehead atoms. The molecule has 0 rings (SSSR count). The second kappa shape index (κ2) is 58.1. The number of ether oxygens (including phenoxy) is 2. The van der Waals surface area contributed by atoms with Gasteiger partial charge in [0, 0.05) is 12.8 Å². The van der Waals surface area contributed by atoms with E-state index in [1.54, 1.807) is 0 Å². The molecule has 10 heteroatoms. The standard InChI is InChI=1S/C68H116NO8P/c1-6-8-10-12-14-16-18-20-22-24-26-28-29-30-31-32-33-34-35-36-37-38-39-41-43-45-47-49-51-53-55-57-59-61-68(71)77-66(65-76-78(72,73)75-63-62-69(3,4)5)64-74-67(70)60-58-56-54-52-50-48-46-44-42-40-27-25-23-21-19-17-15-13-11-9-7-2/h8,10,14,16,20,22,26,28,30-31,33-34,36-37,39,41,45,47,51,53,66H,6-7,9,11-13,15,17-19,21,23-25,27,29,32,35,38,40,42-44,46,48-50,52,54-65H2,1-5H3/b10-8-,16-14-,22-20-,28-26-,31-30-,34-33-,37-36-,41-39-,47-45-,53-51-. The van der Waals surface area contributed by atoms with E-state index in [-0.39, 0.29) is 26.1 Å².